The molecule has 4 aromatic rings. The molecule has 0 aliphatic heterocycles. The second-order valence-corrected chi connectivity index (χ2v) is 7.09. The van der Waals surface area contributed by atoms with E-state index < -0.39 is 0 Å². The van der Waals surface area contributed by atoms with Gasteiger partial charge in [0.05, 0.1) is 6.42 Å². The summed E-state index contributed by atoms with van der Waals surface area (Å²) in [7, 11) is 0. The third-order valence-electron chi connectivity index (χ3n) is 4.74. The van der Waals surface area contributed by atoms with Crippen molar-refractivity contribution in [3.8, 4) is 0 Å². The molecule has 4 rings (SSSR count). The largest absolute Gasteiger partial charge is 0.352 e. The van der Waals surface area contributed by atoms with Gasteiger partial charge in [0, 0.05) is 24.6 Å². The lowest BCUT2D eigenvalue weighted by atomic mass is 10.0. The Hall–Kier alpha value is -3.93. The van der Waals surface area contributed by atoms with Crippen molar-refractivity contribution in [3.63, 3.8) is 0 Å². The lowest BCUT2D eigenvalue weighted by Crippen LogP contribution is -2.24. The van der Waals surface area contributed by atoms with Gasteiger partial charge < -0.3 is 10.6 Å². The zero-order chi connectivity index (χ0) is 20.8. The second kappa shape index (κ2) is 9.05. The van der Waals surface area contributed by atoms with Crippen LogP contribution in [0.4, 0.5) is 5.69 Å². The van der Waals surface area contributed by atoms with Crippen molar-refractivity contribution in [2.45, 2.75) is 19.5 Å². The number of carbonyl (C=O) groups excluding carboxylic acids is 2. The van der Waals surface area contributed by atoms with Crippen LogP contribution in [0.15, 0.2) is 85.2 Å². The Kier molecular flexibility index (Phi) is 5.85. The van der Waals surface area contributed by atoms with Crippen LogP contribution in [0.5, 0.6) is 0 Å². The maximum Gasteiger partial charge on any atom is 0.246 e. The number of carbonyl (C=O) groups is 2. The topological polar surface area (TPSA) is 76.0 Å². The van der Waals surface area contributed by atoms with Crippen LogP contribution in [0.3, 0.4) is 0 Å². The van der Waals surface area contributed by atoms with E-state index in [1.54, 1.807) is 23.1 Å². The molecule has 0 radical (unpaired) electrons. The fourth-order valence-corrected chi connectivity index (χ4v) is 3.30. The van der Waals surface area contributed by atoms with Crippen molar-refractivity contribution in [2.75, 3.05) is 5.32 Å². The second-order valence-electron chi connectivity index (χ2n) is 7.09. The van der Waals surface area contributed by atoms with Crippen LogP contribution >= 0.6 is 0 Å². The molecule has 0 saturated carbocycles. The van der Waals surface area contributed by atoms with E-state index in [1.807, 2.05) is 60.7 Å². The van der Waals surface area contributed by atoms with Gasteiger partial charge in [-0.3, -0.25) is 14.3 Å². The lowest BCUT2D eigenvalue weighted by Gasteiger charge is -2.09. The third kappa shape index (κ3) is 5.11. The number of rotatable bonds is 7. The van der Waals surface area contributed by atoms with E-state index in [0.29, 0.717) is 18.7 Å². The maximum absolute atomic E-state index is 12.4. The highest BCUT2D eigenvalue weighted by Crippen LogP contribution is 2.16. The third-order valence-corrected chi connectivity index (χ3v) is 4.74. The van der Waals surface area contributed by atoms with Gasteiger partial charge >= 0.3 is 0 Å². The van der Waals surface area contributed by atoms with Crippen molar-refractivity contribution in [1.29, 1.82) is 0 Å². The Morgan fingerprint density at radius 2 is 1.70 bits per heavy atom. The smallest absolute Gasteiger partial charge is 0.246 e. The maximum atomic E-state index is 12.4. The van der Waals surface area contributed by atoms with Crippen molar-refractivity contribution < 1.29 is 9.59 Å². The zero-order valence-corrected chi connectivity index (χ0v) is 16.4. The molecule has 150 valence electrons. The molecule has 0 saturated heterocycles. The first-order valence-electron chi connectivity index (χ1n) is 9.76. The highest BCUT2D eigenvalue weighted by Gasteiger charge is 2.07. The summed E-state index contributed by atoms with van der Waals surface area (Å²) in [4.78, 5) is 24.5. The molecule has 2 N–H and O–H groups in total. The lowest BCUT2D eigenvalue weighted by molar-refractivity contribution is -0.120. The van der Waals surface area contributed by atoms with Crippen molar-refractivity contribution >= 4 is 28.3 Å². The minimum atomic E-state index is -0.156. The Balaban J connectivity index is 1.31. The molecule has 0 aliphatic carbocycles. The zero-order valence-electron chi connectivity index (χ0n) is 16.4. The van der Waals surface area contributed by atoms with Gasteiger partial charge in [-0.05, 0) is 40.1 Å². The van der Waals surface area contributed by atoms with Crippen LogP contribution in [0.2, 0.25) is 0 Å². The van der Waals surface area contributed by atoms with Gasteiger partial charge in [0.25, 0.3) is 0 Å². The van der Waals surface area contributed by atoms with Crippen molar-refractivity contribution in [3.05, 3.63) is 96.3 Å². The van der Waals surface area contributed by atoms with Gasteiger partial charge in [0.2, 0.25) is 11.8 Å². The number of benzene rings is 3. The van der Waals surface area contributed by atoms with E-state index in [2.05, 4.69) is 21.8 Å². The number of aromatic nitrogens is 2. The monoisotopic (exact) mass is 398 g/mol. The Morgan fingerprint density at radius 1 is 0.833 bits per heavy atom. The quantitative estimate of drug-likeness (QED) is 0.500. The highest BCUT2D eigenvalue weighted by atomic mass is 16.2. The summed E-state index contributed by atoms with van der Waals surface area (Å²) in [6.45, 7) is 0.551. The number of fused-ring (bicyclic) bond motifs is 1. The van der Waals surface area contributed by atoms with Crippen molar-refractivity contribution in [2.24, 2.45) is 0 Å². The highest BCUT2D eigenvalue weighted by molar-refractivity contribution is 5.90. The standard InChI is InChI=1S/C24H22N4O2/c29-23(15-18-9-10-20-6-1-2-7-21(20)13-18)25-16-19-5-3-8-22(14-19)27-24(30)17-28-12-4-11-26-28/h1-14H,15-17H2,(H,25,29)(H,27,30). The molecule has 1 heterocycles. The number of hydrogen-bond acceptors (Lipinski definition) is 3. The van der Waals surface area contributed by atoms with E-state index in [-0.39, 0.29) is 18.4 Å². The first kappa shape index (κ1) is 19.4. The molecule has 0 fully saturated rings. The summed E-state index contributed by atoms with van der Waals surface area (Å²) >= 11 is 0. The summed E-state index contributed by atoms with van der Waals surface area (Å²) in [6.07, 6.45) is 3.70. The average Bonchev–Trinajstić information content (AvgIpc) is 3.25. The van der Waals surface area contributed by atoms with Crippen LogP contribution in [0.25, 0.3) is 10.8 Å². The predicted molar refractivity (Wildman–Crippen MR) is 117 cm³/mol. The van der Waals surface area contributed by atoms with Gasteiger partial charge in [-0.2, -0.15) is 5.10 Å². The summed E-state index contributed by atoms with van der Waals surface area (Å²) in [5.41, 5.74) is 2.58. The van der Waals surface area contributed by atoms with Gasteiger partial charge in [-0.15, -0.1) is 0 Å². The average molecular weight is 398 g/mol. The van der Waals surface area contributed by atoms with E-state index in [9.17, 15) is 9.59 Å². The molecule has 3 aromatic carbocycles. The van der Waals surface area contributed by atoms with E-state index in [4.69, 9.17) is 0 Å². The molecule has 0 spiro atoms. The first-order chi connectivity index (χ1) is 14.7. The summed E-state index contributed by atoms with van der Waals surface area (Å²) < 4.78 is 1.56. The van der Waals surface area contributed by atoms with Gasteiger partial charge in [-0.25, -0.2) is 0 Å². The fourth-order valence-electron chi connectivity index (χ4n) is 3.30. The van der Waals surface area contributed by atoms with Gasteiger partial charge in [0.1, 0.15) is 6.54 Å². The fraction of sp³-hybridized carbons (Fsp3) is 0.125. The van der Waals surface area contributed by atoms with Crippen LogP contribution in [0, 0.1) is 0 Å². The number of hydrogen-bond donors (Lipinski definition) is 2. The minimum Gasteiger partial charge on any atom is -0.352 e. The van der Waals surface area contributed by atoms with Gasteiger partial charge in [0.15, 0.2) is 0 Å². The molecule has 0 bridgehead atoms. The molecular formula is C24H22N4O2. The molecule has 1 aromatic heterocycles. The normalized spacial score (nSPS) is 10.7. The van der Waals surface area contributed by atoms with Gasteiger partial charge in [-0.1, -0.05) is 54.6 Å². The van der Waals surface area contributed by atoms with E-state index >= 15 is 0 Å². The Bertz CT molecular complexity index is 1170. The van der Waals surface area contributed by atoms with Crippen LogP contribution in [-0.2, 0) is 29.1 Å². The summed E-state index contributed by atoms with van der Waals surface area (Å²) in [5, 5.41) is 12.1. The summed E-state index contributed by atoms with van der Waals surface area (Å²) in [5.74, 6) is -0.199. The Labute approximate surface area is 174 Å². The number of nitrogens with zero attached hydrogens (tertiary/aromatic N) is 2. The molecule has 6 nitrogen and oxygen atoms in total. The van der Waals surface area contributed by atoms with Crippen LogP contribution in [-0.4, -0.2) is 21.6 Å². The molecule has 0 atom stereocenters. The SMILES string of the molecule is O=C(Cc1ccc2ccccc2c1)NCc1cccc(NC(=O)Cn2cccn2)c1. The van der Waals surface area contributed by atoms with Crippen LogP contribution < -0.4 is 10.6 Å². The predicted octanol–water partition coefficient (Wildman–Crippen LogP) is 3.53. The van der Waals surface area contributed by atoms with Crippen molar-refractivity contribution in [1.82, 2.24) is 15.1 Å². The Morgan fingerprint density at radius 3 is 2.53 bits per heavy atom. The molecule has 30 heavy (non-hydrogen) atoms. The molecular weight excluding hydrogens is 376 g/mol. The first-order valence-corrected chi connectivity index (χ1v) is 9.76. The minimum absolute atomic E-state index is 0.0431. The molecule has 0 aliphatic rings. The van der Waals surface area contributed by atoms with E-state index in [0.717, 1.165) is 21.9 Å². The van der Waals surface area contributed by atoms with E-state index in [1.165, 1.54) is 0 Å². The molecule has 0 unspecified atom stereocenters. The number of amides is 2. The van der Waals surface area contributed by atoms with Crippen LogP contribution in [0.1, 0.15) is 11.1 Å². The molecule has 2 amide bonds. The number of anilines is 1. The molecule has 6 heteroatoms. The number of nitrogens with one attached hydrogen (secondary N) is 2. The summed E-state index contributed by atoms with van der Waals surface area (Å²) in [6, 6.07) is 23.4.